The summed E-state index contributed by atoms with van der Waals surface area (Å²) < 4.78 is 45.8. The lowest BCUT2D eigenvalue weighted by molar-refractivity contribution is -0.138. The maximum Gasteiger partial charge on any atom is 0.417 e. The maximum absolute atomic E-state index is 13.3. The molecule has 1 aromatic rings. The zero-order valence-corrected chi connectivity index (χ0v) is 15.4. The first-order chi connectivity index (χ1) is 13.4. The highest BCUT2D eigenvalue weighted by atomic mass is 19.4. The fourth-order valence-electron chi connectivity index (χ4n) is 5.23. The number of imide groups is 1. The summed E-state index contributed by atoms with van der Waals surface area (Å²) in [7, 11) is 0. The molecule has 3 fully saturated rings. The Morgan fingerprint density at radius 1 is 1.21 bits per heavy atom. The molecule has 2 unspecified atom stereocenters. The Morgan fingerprint density at radius 2 is 1.79 bits per heavy atom. The molecule has 6 atom stereocenters. The number of rotatable bonds is 2. The molecule has 3 saturated heterocycles. The molecule has 2 bridgehead atoms. The van der Waals surface area contributed by atoms with Gasteiger partial charge in [-0.3, -0.25) is 9.59 Å². The number of hydrogen-bond acceptors (Lipinski definition) is 6. The van der Waals surface area contributed by atoms with E-state index in [9.17, 15) is 33.0 Å². The Labute approximate surface area is 163 Å². The number of anilines is 1. The average molecular weight is 410 g/mol. The van der Waals surface area contributed by atoms with Crippen LogP contribution in [0.1, 0.15) is 25.0 Å². The van der Waals surface area contributed by atoms with Gasteiger partial charge in [-0.25, -0.2) is 4.90 Å². The standard InChI is InChI=1S/C19H17F3N2O5/c1-17-11(7-25)14(26)18(2,29-17)13-12(17)15(27)24(16(13)28)9-4-3-8(6-23)10(5-9)19(20,21)22/h3-5,11-14,25-26H,7H2,1-2H3/t11-,12+,13-,14-,17?,18?/m0/s1. The van der Waals surface area contributed by atoms with Crippen LogP contribution in [-0.2, 0) is 20.5 Å². The van der Waals surface area contributed by atoms with Gasteiger partial charge < -0.3 is 14.9 Å². The zero-order valence-electron chi connectivity index (χ0n) is 15.4. The van der Waals surface area contributed by atoms with E-state index >= 15 is 0 Å². The number of benzene rings is 1. The number of carbonyl (C=O) groups is 2. The van der Waals surface area contributed by atoms with Crippen molar-refractivity contribution in [2.75, 3.05) is 11.5 Å². The number of halogens is 3. The first-order valence-electron chi connectivity index (χ1n) is 8.90. The normalized spacial score (nSPS) is 38.5. The minimum atomic E-state index is -4.85. The molecule has 29 heavy (non-hydrogen) atoms. The smallest absolute Gasteiger partial charge is 0.396 e. The molecule has 0 spiro atoms. The Bertz CT molecular complexity index is 974. The second-order valence-corrected chi connectivity index (χ2v) is 8.01. The third-order valence-electron chi connectivity index (χ3n) is 6.57. The van der Waals surface area contributed by atoms with Crippen molar-refractivity contribution in [3.63, 3.8) is 0 Å². The molecule has 1 aromatic carbocycles. The molecule has 2 amide bonds. The number of fused-ring (bicyclic) bond motifs is 5. The van der Waals surface area contributed by atoms with Gasteiger partial charge in [0.2, 0.25) is 11.8 Å². The number of amides is 2. The lowest BCUT2D eigenvalue weighted by Crippen LogP contribution is -2.55. The monoisotopic (exact) mass is 410 g/mol. The van der Waals surface area contributed by atoms with Crippen molar-refractivity contribution < 1.29 is 37.7 Å². The third kappa shape index (κ3) is 2.29. The SMILES string of the molecule is CC12OC(C)([C@@H](CO)[C@@H]1O)[C@H]1C(=O)N(c3ccc(C#N)c(C(F)(F)F)c3)C(=O)[C@H]12. The van der Waals surface area contributed by atoms with Crippen molar-refractivity contribution in [2.45, 2.75) is 37.3 Å². The molecule has 2 N–H and O–H groups in total. The number of alkyl halides is 3. The van der Waals surface area contributed by atoms with E-state index in [0.717, 1.165) is 12.1 Å². The van der Waals surface area contributed by atoms with Crippen LogP contribution in [0, 0.1) is 29.1 Å². The van der Waals surface area contributed by atoms with Crippen LogP contribution in [0.3, 0.4) is 0 Å². The van der Waals surface area contributed by atoms with E-state index in [4.69, 9.17) is 10.00 Å². The van der Waals surface area contributed by atoms with E-state index in [1.807, 2.05) is 0 Å². The molecule has 154 valence electrons. The summed E-state index contributed by atoms with van der Waals surface area (Å²) in [4.78, 5) is 26.9. The molecule has 0 aliphatic carbocycles. The Hall–Kier alpha value is -2.48. The van der Waals surface area contributed by atoms with Crippen LogP contribution in [-0.4, -0.2) is 45.9 Å². The van der Waals surface area contributed by atoms with E-state index in [1.165, 1.54) is 19.9 Å². The first kappa shape index (κ1) is 19.8. The second kappa shape index (κ2) is 5.78. The fraction of sp³-hybridized carbons (Fsp3) is 0.526. The number of ether oxygens (including phenoxy) is 1. The lowest BCUT2D eigenvalue weighted by Gasteiger charge is -2.37. The molecule has 10 heteroatoms. The topological polar surface area (TPSA) is 111 Å². The number of aliphatic hydroxyl groups excluding tert-OH is 2. The Balaban J connectivity index is 1.82. The Kier molecular flexibility index (Phi) is 3.95. The number of hydrogen-bond donors (Lipinski definition) is 2. The van der Waals surface area contributed by atoms with Crippen LogP contribution in [0.2, 0.25) is 0 Å². The van der Waals surface area contributed by atoms with Crippen LogP contribution < -0.4 is 4.90 Å². The molecular weight excluding hydrogens is 393 g/mol. The predicted octanol–water partition coefficient (Wildman–Crippen LogP) is 1.21. The summed E-state index contributed by atoms with van der Waals surface area (Å²) in [5, 5.41) is 29.2. The van der Waals surface area contributed by atoms with Gasteiger partial charge in [0.25, 0.3) is 0 Å². The van der Waals surface area contributed by atoms with Gasteiger partial charge in [-0.1, -0.05) is 0 Å². The van der Waals surface area contributed by atoms with Gasteiger partial charge in [0.15, 0.2) is 0 Å². The molecule has 7 nitrogen and oxygen atoms in total. The minimum Gasteiger partial charge on any atom is -0.396 e. The van der Waals surface area contributed by atoms with E-state index < -0.39 is 70.8 Å². The summed E-state index contributed by atoms with van der Waals surface area (Å²) in [6.07, 6.45) is -6.07. The Morgan fingerprint density at radius 3 is 2.31 bits per heavy atom. The summed E-state index contributed by atoms with van der Waals surface area (Å²) in [5.74, 6) is -4.50. The van der Waals surface area contributed by atoms with Gasteiger partial charge in [-0.05, 0) is 32.0 Å². The molecule has 3 aliphatic rings. The van der Waals surface area contributed by atoms with Gasteiger partial charge in [-0.15, -0.1) is 0 Å². The summed E-state index contributed by atoms with van der Waals surface area (Å²) >= 11 is 0. The van der Waals surface area contributed by atoms with E-state index in [0.29, 0.717) is 11.0 Å². The third-order valence-corrected chi connectivity index (χ3v) is 6.57. The van der Waals surface area contributed by atoms with Crippen molar-refractivity contribution in [3.8, 4) is 6.07 Å². The van der Waals surface area contributed by atoms with Crippen molar-refractivity contribution in [3.05, 3.63) is 29.3 Å². The van der Waals surface area contributed by atoms with Crippen molar-refractivity contribution in [2.24, 2.45) is 17.8 Å². The predicted molar refractivity (Wildman–Crippen MR) is 90.1 cm³/mol. The molecule has 0 saturated carbocycles. The van der Waals surface area contributed by atoms with Crippen LogP contribution in [0.5, 0.6) is 0 Å². The van der Waals surface area contributed by atoms with Gasteiger partial charge in [-0.2, -0.15) is 18.4 Å². The molecule has 4 rings (SSSR count). The summed E-state index contributed by atoms with van der Waals surface area (Å²) in [6, 6.07) is 4.07. The summed E-state index contributed by atoms with van der Waals surface area (Å²) in [5.41, 5.74) is -4.97. The molecule has 0 radical (unpaired) electrons. The lowest BCUT2D eigenvalue weighted by atomic mass is 9.62. The number of nitriles is 1. The highest BCUT2D eigenvalue weighted by molar-refractivity contribution is 6.23. The first-order valence-corrected chi connectivity index (χ1v) is 8.90. The molecule has 3 aliphatic heterocycles. The van der Waals surface area contributed by atoms with Gasteiger partial charge in [0.05, 0.1) is 53.0 Å². The largest absolute Gasteiger partial charge is 0.417 e. The highest BCUT2D eigenvalue weighted by Crippen LogP contribution is 2.63. The second-order valence-electron chi connectivity index (χ2n) is 8.01. The van der Waals surface area contributed by atoms with Crippen LogP contribution >= 0.6 is 0 Å². The maximum atomic E-state index is 13.3. The fourth-order valence-corrected chi connectivity index (χ4v) is 5.23. The molecular formula is C19H17F3N2O5. The van der Waals surface area contributed by atoms with Crippen molar-refractivity contribution in [1.82, 2.24) is 0 Å². The van der Waals surface area contributed by atoms with E-state index in [1.54, 1.807) is 0 Å². The number of aliphatic hydroxyl groups is 2. The van der Waals surface area contributed by atoms with Crippen molar-refractivity contribution >= 4 is 17.5 Å². The van der Waals surface area contributed by atoms with E-state index in [-0.39, 0.29) is 5.69 Å². The highest BCUT2D eigenvalue weighted by Gasteiger charge is 2.79. The van der Waals surface area contributed by atoms with Crippen LogP contribution in [0.4, 0.5) is 18.9 Å². The number of nitrogens with zero attached hydrogens (tertiary/aromatic N) is 2. The molecule has 0 aromatic heterocycles. The zero-order chi connectivity index (χ0) is 21.5. The van der Waals surface area contributed by atoms with Gasteiger partial charge in [0, 0.05) is 5.92 Å². The van der Waals surface area contributed by atoms with Crippen molar-refractivity contribution in [1.29, 1.82) is 5.26 Å². The van der Waals surface area contributed by atoms with Gasteiger partial charge >= 0.3 is 6.18 Å². The minimum absolute atomic E-state index is 0.303. The number of carbonyl (C=O) groups excluding carboxylic acids is 2. The quantitative estimate of drug-likeness (QED) is 0.710. The van der Waals surface area contributed by atoms with Gasteiger partial charge in [0.1, 0.15) is 5.60 Å². The van der Waals surface area contributed by atoms with E-state index in [2.05, 4.69) is 0 Å². The average Bonchev–Trinajstić information content (AvgIpc) is 3.13. The van der Waals surface area contributed by atoms with Crippen LogP contribution in [0.15, 0.2) is 18.2 Å². The summed E-state index contributed by atoms with van der Waals surface area (Å²) in [6.45, 7) is 2.50. The molecule has 3 heterocycles. The van der Waals surface area contributed by atoms with Crippen LogP contribution in [0.25, 0.3) is 0 Å².